The van der Waals surface area contributed by atoms with Crippen LogP contribution in [0.15, 0.2) is 22.8 Å². The van der Waals surface area contributed by atoms with Crippen LogP contribution in [0, 0.1) is 5.92 Å². The first-order valence-electron chi connectivity index (χ1n) is 6.37. The van der Waals surface area contributed by atoms with E-state index in [-0.39, 0.29) is 0 Å². The Hall–Kier alpha value is 0.0743. The van der Waals surface area contributed by atoms with Gasteiger partial charge < -0.3 is 0 Å². The number of hydrogen-bond acceptors (Lipinski definition) is 3. The monoisotopic (exact) mass is 288 g/mol. The summed E-state index contributed by atoms with van der Waals surface area (Å²) >= 11 is -1.90. The van der Waals surface area contributed by atoms with Crippen molar-refractivity contribution in [3.05, 3.63) is 28.7 Å². The molecule has 0 saturated heterocycles. The molecule has 0 aromatic carbocycles. The van der Waals surface area contributed by atoms with Crippen molar-refractivity contribution in [1.82, 2.24) is 0 Å². The molecule has 102 valence electrons. The van der Waals surface area contributed by atoms with Crippen LogP contribution in [0.25, 0.3) is 0 Å². The Morgan fingerprint density at radius 1 is 0.889 bits per heavy atom. The van der Waals surface area contributed by atoms with Crippen LogP contribution < -0.4 is 0 Å². The van der Waals surface area contributed by atoms with E-state index < -0.39 is 19.0 Å². The summed E-state index contributed by atoms with van der Waals surface area (Å²) in [5.41, 5.74) is 4.85. The molecule has 0 amide bonds. The second-order valence-electron chi connectivity index (χ2n) is 4.54. The fourth-order valence-corrected chi connectivity index (χ4v) is 3.31. The first-order chi connectivity index (χ1) is 8.63. The molecule has 0 bridgehead atoms. The molecule has 0 aliphatic heterocycles. The average Bonchev–Trinajstić information content (AvgIpc) is 2.69. The molecule has 0 spiro atoms. The van der Waals surface area contributed by atoms with Gasteiger partial charge in [0.25, 0.3) is 0 Å². The molecule has 2 aliphatic rings. The maximum atomic E-state index is 4.77. The minimum atomic E-state index is -1.90. The van der Waals surface area contributed by atoms with Crippen molar-refractivity contribution in [2.24, 2.45) is 0 Å². The van der Waals surface area contributed by atoms with E-state index in [1.165, 1.54) is 37.2 Å². The molecule has 1 radical (unpaired) electrons. The van der Waals surface area contributed by atoms with Gasteiger partial charge in [0.1, 0.15) is 0 Å². The van der Waals surface area contributed by atoms with Crippen LogP contribution in [-0.2, 0) is 29.0 Å². The Morgan fingerprint density at radius 2 is 1.39 bits per heavy atom. The van der Waals surface area contributed by atoms with Crippen molar-refractivity contribution in [3.63, 3.8) is 0 Å². The molecule has 0 fully saturated rings. The minimum absolute atomic E-state index is 1.33. The molecule has 0 atom stereocenters. The van der Waals surface area contributed by atoms with E-state index in [0.717, 1.165) is 0 Å². The Kier molecular flexibility index (Phi) is 7.43. The van der Waals surface area contributed by atoms with E-state index in [1.807, 2.05) is 0 Å². The Bertz CT molecular complexity index is 313. The second kappa shape index (κ2) is 8.29. The van der Waals surface area contributed by atoms with Crippen LogP contribution in [0.3, 0.4) is 0 Å². The van der Waals surface area contributed by atoms with Crippen LogP contribution in [0.5, 0.6) is 0 Å². The van der Waals surface area contributed by atoms with E-state index in [0.29, 0.717) is 0 Å². The van der Waals surface area contributed by atoms with Gasteiger partial charge in [-0.1, -0.05) is 24.1 Å². The average molecular weight is 288 g/mol. The first-order valence-corrected chi connectivity index (χ1v) is 8.28. The molecular formula is C14H24O3Ti. The van der Waals surface area contributed by atoms with Crippen molar-refractivity contribution < 1.29 is 29.0 Å². The molecule has 0 heterocycles. The SMILES string of the molecule is C[C]1C=C(C)C2=C1CCCC2.C[O][Ti]([O]C)[O]C. The second-order valence-corrected chi connectivity index (χ2v) is 7.23. The summed E-state index contributed by atoms with van der Waals surface area (Å²) in [5, 5.41) is 0. The normalized spacial score (nSPS) is 19.1. The van der Waals surface area contributed by atoms with Crippen molar-refractivity contribution in [3.8, 4) is 0 Å². The van der Waals surface area contributed by atoms with Crippen LogP contribution in [0.1, 0.15) is 39.5 Å². The third kappa shape index (κ3) is 4.32. The zero-order valence-electron chi connectivity index (χ0n) is 12.1. The Labute approximate surface area is 118 Å². The van der Waals surface area contributed by atoms with Crippen LogP contribution in [0.4, 0.5) is 0 Å². The Morgan fingerprint density at radius 3 is 1.78 bits per heavy atom. The van der Waals surface area contributed by atoms with Gasteiger partial charge in [-0.25, -0.2) is 0 Å². The molecule has 0 N–H and O–H groups in total. The van der Waals surface area contributed by atoms with Gasteiger partial charge in [-0.15, -0.1) is 0 Å². The summed E-state index contributed by atoms with van der Waals surface area (Å²) in [6, 6.07) is 0. The van der Waals surface area contributed by atoms with E-state index in [2.05, 4.69) is 19.9 Å². The summed E-state index contributed by atoms with van der Waals surface area (Å²) in [4.78, 5) is 0. The first kappa shape index (κ1) is 16.1. The fourth-order valence-electron chi connectivity index (χ4n) is 2.52. The van der Waals surface area contributed by atoms with E-state index in [9.17, 15) is 0 Å². The summed E-state index contributed by atoms with van der Waals surface area (Å²) in [6.07, 6.45) is 7.80. The van der Waals surface area contributed by atoms with E-state index in [1.54, 1.807) is 32.5 Å². The maximum absolute atomic E-state index is 4.77. The molecule has 0 aromatic rings. The summed E-state index contributed by atoms with van der Waals surface area (Å²) < 4.78 is 14.3. The third-order valence-electron chi connectivity index (χ3n) is 3.35. The predicted molar refractivity (Wildman–Crippen MR) is 69.2 cm³/mol. The van der Waals surface area contributed by atoms with Crippen molar-refractivity contribution in [2.75, 3.05) is 21.3 Å². The molecule has 0 unspecified atom stereocenters. The topological polar surface area (TPSA) is 27.7 Å². The zero-order valence-corrected chi connectivity index (χ0v) is 13.7. The van der Waals surface area contributed by atoms with Crippen molar-refractivity contribution in [1.29, 1.82) is 0 Å². The van der Waals surface area contributed by atoms with Gasteiger partial charge in [-0.2, -0.15) is 0 Å². The van der Waals surface area contributed by atoms with Gasteiger partial charge in [0.15, 0.2) is 0 Å². The standard InChI is InChI=1S/C11H15.3CH3O.Ti/c1-8-7-9(2)11-6-4-3-5-10(8)11;3*1-2;/h7H,3-6H2,1-2H3;3*1H3;/q;3*-1;+3. The van der Waals surface area contributed by atoms with Crippen LogP contribution in [-0.4, -0.2) is 21.3 Å². The molecule has 0 saturated carbocycles. The van der Waals surface area contributed by atoms with Crippen molar-refractivity contribution >= 4 is 0 Å². The Balaban J connectivity index is 0.000000203. The van der Waals surface area contributed by atoms with Gasteiger partial charge in [0.05, 0.1) is 0 Å². The molecule has 0 aromatic heterocycles. The molecule has 18 heavy (non-hydrogen) atoms. The van der Waals surface area contributed by atoms with Gasteiger partial charge >= 0.3 is 50.3 Å². The van der Waals surface area contributed by atoms with E-state index >= 15 is 0 Å². The van der Waals surface area contributed by atoms with Crippen molar-refractivity contribution in [2.45, 2.75) is 39.5 Å². The number of rotatable bonds is 3. The molecule has 3 nitrogen and oxygen atoms in total. The zero-order chi connectivity index (χ0) is 13.5. The molecular weight excluding hydrogens is 264 g/mol. The van der Waals surface area contributed by atoms with E-state index in [4.69, 9.17) is 9.96 Å². The molecule has 2 aliphatic carbocycles. The van der Waals surface area contributed by atoms with Gasteiger partial charge in [0.2, 0.25) is 0 Å². The predicted octanol–water partition coefficient (Wildman–Crippen LogP) is 3.70. The van der Waals surface area contributed by atoms with Crippen LogP contribution in [0.2, 0.25) is 0 Å². The van der Waals surface area contributed by atoms with Gasteiger partial charge in [-0.05, 0) is 38.2 Å². The van der Waals surface area contributed by atoms with Crippen LogP contribution >= 0.6 is 0 Å². The number of hydrogen-bond donors (Lipinski definition) is 0. The molecule has 2 rings (SSSR count). The third-order valence-corrected chi connectivity index (χ3v) is 4.91. The summed E-state index contributed by atoms with van der Waals surface area (Å²) in [7, 11) is 4.76. The fraction of sp³-hybridized carbons (Fsp3) is 0.643. The quantitative estimate of drug-likeness (QED) is 0.741. The summed E-state index contributed by atoms with van der Waals surface area (Å²) in [5.74, 6) is 1.53. The van der Waals surface area contributed by atoms with Gasteiger partial charge in [0, 0.05) is 5.92 Å². The number of allylic oxidation sites excluding steroid dienone is 4. The van der Waals surface area contributed by atoms with Gasteiger partial charge in [-0.3, -0.25) is 0 Å². The summed E-state index contributed by atoms with van der Waals surface area (Å²) in [6.45, 7) is 4.49. The molecule has 4 heteroatoms.